The molecule has 1 heterocycles. The van der Waals surface area contributed by atoms with Gasteiger partial charge in [0.25, 0.3) is 5.91 Å². The van der Waals surface area contributed by atoms with E-state index in [1.54, 1.807) is 12.3 Å². The number of aromatic nitrogens is 1. The Hall–Kier alpha value is -1.68. The van der Waals surface area contributed by atoms with Crippen LogP contribution >= 0.6 is 22.6 Å². The van der Waals surface area contributed by atoms with Crippen molar-refractivity contribution in [3.05, 3.63) is 27.5 Å². The average molecular weight is 458 g/mol. The number of hydrogen-bond donors (Lipinski definition) is 4. The Kier molecular flexibility index (Phi) is 8.13. The summed E-state index contributed by atoms with van der Waals surface area (Å²) in [6, 6.07) is 1.87. The van der Waals surface area contributed by atoms with E-state index in [4.69, 9.17) is 5.21 Å². The summed E-state index contributed by atoms with van der Waals surface area (Å²) in [5, 5.41) is 14.6. The van der Waals surface area contributed by atoms with Crippen LogP contribution in [0.3, 0.4) is 0 Å². The molecule has 0 bridgehead atoms. The van der Waals surface area contributed by atoms with Gasteiger partial charge in [-0.05, 0) is 53.1 Å². The first-order valence-corrected chi connectivity index (χ1v) is 9.47. The van der Waals surface area contributed by atoms with Crippen molar-refractivity contribution in [3.8, 4) is 0 Å². The van der Waals surface area contributed by atoms with Gasteiger partial charge in [-0.2, -0.15) is 0 Å². The molecule has 0 saturated heterocycles. The number of halogens is 1. The minimum atomic E-state index is -0.592. The molecule has 25 heavy (non-hydrogen) atoms. The SMILES string of the molecule is O=C(/C=C/c1cnc(NCCNC(=O)C2CCCCC2)c(I)c1)NO. The standard InChI is InChI=1S/C17H23IN4O3/c18-14-10-12(6-7-15(23)22-25)11-21-16(14)19-8-9-20-17(24)13-4-2-1-3-5-13/h6-7,10-11,13,25H,1-5,8-9H2,(H,19,21)(H,20,24)(H,22,23)/b7-6+. The van der Waals surface area contributed by atoms with Gasteiger partial charge in [0.1, 0.15) is 5.82 Å². The van der Waals surface area contributed by atoms with Crippen LogP contribution in [0, 0.1) is 9.49 Å². The van der Waals surface area contributed by atoms with Gasteiger partial charge in [-0.15, -0.1) is 0 Å². The van der Waals surface area contributed by atoms with Gasteiger partial charge in [0.15, 0.2) is 0 Å². The molecular weight excluding hydrogens is 435 g/mol. The zero-order valence-electron chi connectivity index (χ0n) is 13.9. The quantitative estimate of drug-likeness (QED) is 0.165. The molecule has 1 aliphatic rings. The largest absolute Gasteiger partial charge is 0.367 e. The molecule has 0 spiro atoms. The fourth-order valence-electron chi connectivity index (χ4n) is 2.76. The van der Waals surface area contributed by atoms with Gasteiger partial charge in [0.05, 0.1) is 3.57 Å². The molecule has 1 aliphatic carbocycles. The number of pyridine rings is 1. The first kappa shape index (κ1) is 19.6. The summed E-state index contributed by atoms with van der Waals surface area (Å²) in [6.45, 7) is 1.16. The fraction of sp³-hybridized carbons (Fsp3) is 0.471. The van der Waals surface area contributed by atoms with Gasteiger partial charge in [-0.1, -0.05) is 19.3 Å². The molecule has 1 aromatic rings. The number of hydrogen-bond acceptors (Lipinski definition) is 5. The monoisotopic (exact) mass is 458 g/mol. The fourth-order valence-corrected chi connectivity index (χ4v) is 3.45. The molecule has 0 unspecified atom stereocenters. The number of nitrogens with one attached hydrogen (secondary N) is 3. The molecule has 0 aliphatic heterocycles. The van der Waals surface area contributed by atoms with Crippen molar-refractivity contribution in [2.24, 2.45) is 5.92 Å². The molecule has 1 saturated carbocycles. The molecular formula is C17H23IN4O3. The Morgan fingerprint density at radius 1 is 1.28 bits per heavy atom. The minimum Gasteiger partial charge on any atom is -0.367 e. The highest BCUT2D eigenvalue weighted by Crippen LogP contribution is 2.23. The van der Waals surface area contributed by atoms with Gasteiger partial charge in [0.2, 0.25) is 5.91 Å². The summed E-state index contributed by atoms with van der Waals surface area (Å²) in [5.41, 5.74) is 2.29. The molecule has 2 rings (SSSR count). The van der Waals surface area contributed by atoms with Crippen LogP contribution in [-0.2, 0) is 9.59 Å². The summed E-state index contributed by atoms with van der Waals surface area (Å²) in [6.07, 6.45) is 9.97. The maximum atomic E-state index is 12.1. The van der Waals surface area contributed by atoms with Crippen molar-refractivity contribution in [3.63, 3.8) is 0 Å². The van der Waals surface area contributed by atoms with Crippen LogP contribution in [-0.4, -0.2) is 35.1 Å². The van der Waals surface area contributed by atoms with Gasteiger partial charge in [0, 0.05) is 31.3 Å². The van der Waals surface area contributed by atoms with Crippen LogP contribution in [0.5, 0.6) is 0 Å². The third-order valence-electron chi connectivity index (χ3n) is 4.09. The van der Waals surface area contributed by atoms with Crippen LogP contribution in [0.15, 0.2) is 18.3 Å². The molecule has 0 atom stereocenters. The second-order valence-electron chi connectivity index (χ2n) is 5.96. The summed E-state index contributed by atoms with van der Waals surface area (Å²) >= 11 is 2.16. The average Bonchev–Trinajstić information content (AvgIpc) is 2.65. The van der Waals surface area contributed by atoms with E-state index in [9.17, 15) is 9.59 Å². The molecule has 1 fully saturated rings. The third-order valence-corrected chi connectivity index (χ3v) is 4.91. The molecule has 4 N–H and O–H groups in total. The van der Waals surface area contributed by atoms with Crippen molar-refractivity contribution < 1.29 is 14.8 Å². The van der Waals surface area contributed by atoms with Gasteiger partial charge < -0.3 is 10.6 Å². The van der Waals surface area contributed by atoms with E-state index in [1.165, 1.54) is 18.0 Å². The first-order chi connectivity index (χ1) is 12.1. The van der Waals surface area contributed by atoms with Crippen LogP contribution in [0.25, 0.3) is 6.08 Å². The Bertz CT molecular complexity index is 630. The van der Waals surface area contributed by atoms with E-state index < -0.39 is 5.91 Å². The highest BCUT2D eigenvalue weighted by molar-refractivity contribution is 14.1. The highest BCUT2D eigenvalue weighted by atomic mass is 127. The number of nitrogens with zero attached hydrogens (tertiary/aromatic N) is 1. The number of anilines is 1. The normalized spacial score (nSPS) is 15.1. The van der Waals surface area contributed by atoms with Gasteiger partial charge in [-0.3, -0.25) is 14.8 Å². The van der Waals surface area contributed by atoms with E-state index in [-0.39, 0.29) is 11.8 Å². The molecule has 136 valence electrons. The van der Waals surface area contributed by atoms with Crippen molar-refractivity contribution in [1.82, 2.24) is 15.8 Å². The van der Waals surface area contributed by atoms with Crippen LogP contribution in [0.2, 0.25) is 0 Å². The van der Waals surface area contributed by atoms with Gasteiger partial charge in [-0.25, -0.2) is 10.5 Å². The topological polar surface area (TPSA) is 103 Å². The Morgan fingerprint density at radius 3 is 2.72 bits per heavy atom. The molecule has 7 nitrogen and oxygen atoms in total. The number of amides is 2. The number of carbonyl (C=O) groups is 2. The zero-order chi connectivity index (χ0) is 18.1. The van der Waals surface area contributed by atoms with Crippen LogP contribution in [0.4, 0.5) is 5.82 Å². The van der Waals surface area contributed by atoms with E-state index >= 15 is 0 Å². The Balaban J connectivity index is 1.76. The lowest BCUT2D eigenvalue weighted by atomic mass is 9.89. The lowest BCUT2D eigenvalue weighted by Crippen LogP contribution is -2.35. The predicted octanol–water partition coefficient (Wildman–Crippen LogP) is 2.31. The van der Waals surface area contributed by atoms with E-state index in [0.717, 1.165) is 40.6 Å². The molecule has 2 amide bonds. The lowest BCUT2D eigenvalue weighted by molar-refractivity contribution is -0.126. The van der Waals surface area contributed by atoms with Crippen molar-refractivity contribution >= 4 is 46.3 Å². The third kappa shape index (κ3) is 6.62. The second kappa shape index (κ2) is 10.3. The number of carbonyl (C=O) groups excluding carboxylic acids is 2. The van der Waals surface area contributed by atoms with Crippen LogP contribution < -0.4 is 16.1 Å². The highest BCUT2D eigenvalue weighted by Gasteiger charge is 2.20. The van der Waals surface area contributed by atoms with E-state index in [1.807, 2.05) is 6.07 Å². The Morgan fingerprint density at radius 2 is 2.04 bits per heavy atom. The summed E-state index contributed by atoms with van der Waals surface area (Å²) in [5.74, 6) is 0.475. The number of rotatable bonds is 7. The summed E-state index contributed by atoms with van der Waals surface area (Å²) in [4.78, 5) is 27.3. The smallest absolute Gasteiger partial charge is 0.267 e. The predicted molar refractivity (Wildman–Crippen MR) is 104 cm³/mol. The zero-order valence-corrected chi connectivity index (χ0v) is 16.1. The van der Waals surface area contributed by atoms with Crippen molar-refractivity contribution in [2.75, 3.05) is 18.4 Å². The maximum Gasteiger partial charge on any atom is 0.267 e. The second-order valence-corrected chi connectivity index (χ2v) is 7.12. The van der Waals surface area contributed by atoms with Crippen LogP contribution in [0.1, 0.15) is 37.7 Å². The summed E-state index contributed by atoms with van der Waals surface area (Å²) in [7, 11) is 0. The van der Waals surface area contributed by atoms with E-state index in [2.05, 4.69) is 38.2 Å². The molecule has 0 aromatic carbocycles. The Labute approximate surface area is 160 Å². The van der Waals surface area contributed by atoms with E-state index in [0.29, 0.717) is 13.1 Å². The molecule has 8 heteroatoms. The molecule has 0 radical (unpaired) electrons. The lowest BCUT2D eigenvalue weighted by Gasteiger charge is -2.20. The first-order valence-electron chi connectivity index (χ1n) is 8.39. The molecule has 1 aromatic heterocycles. The summed E-state index contributed by atoms with van der Waals surface area (Å²) < 4.78 is 0.905. The van der Waals surface area contributed by atoms with Crippen molar-refractivity contribution in [2.45, 2.75) is 32.1 Å². The minimum absolute atomic E-state index is 0.159. The maximum absolute atomic E-state index is 12.1. The van der Waals surface area contributed by atoms with Crippen molar-refractivity contribution in [1.29, 1.82) is 0 Å². The van der Waals surface area contributed by atoms with Gasteiger partial charge >= 0.3 is 0 Å². The number of hydroxylamine groups is 1.